The lowest BCUT2D eigenvalue weighted by Crippen LogP contribution is -2.73. The molecule has 0 radical (unpaired) electrons. The molecule has 1 aliphatic carbocycles. The smallest absolute Gasteiger partial charge is 0.246 e. The summed E-state index contributed by atoms with van der Waals surface area (Å²) in [5.41, 5.74) is 0.636. The molecule has 5 aliphatic rings. The second-order valence-electron chi connectivity index (χ2n) is 12.8. The average molecular weight is 598 g/mol. The molecule has 1 amide bonds. The summed E-state index contributed by atoms with van der Waals surface area (Å²) in [6, 6.07) is 8.62. The first-order chi connectivity index (χ1) is 20.3. The minimum Gasteiger partial charge on any atom is -0.483 e. The molecule has 1 aromatic carbocycles. The number of anilines is 1. The van der Waals surface area contributed by atoms with E-state index in [9.17, 15) is 10.1 Å². The third-order valence-corrected chi connectivity index (χ3v) is 10.4. The van der Waals surface area contributed by atoms with Crippen LogP contribution < -0.4 is 20.3 Å². The Morgan fingerprint density at radius 1 is 1.26 bits per heavy atom. The second-order valence-corrected chi connectivity index (χ2v) is 13.2. The predicted molar refractivity (Wildman–Crippen MR) is 162 cm³/mol. The van der Waals surface area contributed by atoms with E-state index >= 15 is 0 Å². The molecule has 0 bridgehead atoms. The van der Waals surface area contributed by atoms with Crippen LogP contribution in [0.3, 0.4) is 0 Å². The van der Waals surface area contributed by atoms with Crippen LogP contribution in [-0.2, 0) is 9.53 Å². The van der Waals surface area contributed by atoms with Crippen LogP contribution in [0.1, 0.15) is 38.5 Å². The van der Waals surface area contributed by atoms with Gasteiger partial charge in [0.15, 0.2) is 6.35 Å². The molecule has 1 spiro atoms. The number of likely N-dealkylation sites (tertiary alicyclic amines) is 1. The molecule has 6 unspecified atom stereocenters. The van der Waals surface area contributed by atoms with Crippen LogP contribution >= 0.6 is 11.6 Å². The van der Waals surface area contributed by atoms with Gasteiger partial charge in [0.25, 0.3) is 0 Å². The Morgan fingerprint density at radius 3 is 2.88 bits per heavy atom. The first-order valence-corrected chi connectivity index (χ1v) is 15.8. The van der Waals surface area contributed by atoms with E-state index in [-0.39, 0.29) is 36.1 Å². The van der Waals surface area contributed by atoms with Gasteiger partial charge in [-0.1, -0.05) is 24.2 Å². The number of carbonyl (C=O) groups is 1. The van der Waals surface area contributed by atoms with Gasteiger partial charge in [0, 0.05) is 51.1 Å². The molecule has 228 valence electrons. The molecule has 10 nitrogen and oxygen atoms in total. The minimum absolute atomic E-state index is 0.0603. The van der Waals surface area contributed by atoms with Gasteiger partial charge < -0.3 is 24.2 Å². The molecule has 0 aromatic heterocycles. The number of nitrogens with zero attached hydrogens (tertiary/aromatic N) is 5. The lowest BCUT2D eigenvalue weighted by atomic mass is 9.72. The van der Waals surface area contributed by atoms with E-state index in [1.54, 1.807) is 4.90 Å². The number of piperazine rings is 1. The van der Waals surface area contributed by atoms with Gasteiger partial charge in [-0.15, -0.1) is 0 Å². The van der Waals surface area contributed by atoms with Crippen molar-refractivity contribution in [2.24, 2.45) is 5.92 Å². The molecule has 4 fully saturated rings. The van der Waals surface area contributed by atoms with E-state index in [2.05, 4.69) is 52.1 Å². The van der Waals surface area contributed by atoms with Crippen LogP contribution in [0, 0.1) is 17.2 Å². The normalized spacial score (nSPS) is 35.3. The number of nitriles is 1. The molecule has 1 saturated carbocycles. The third-order valence-electron chi connectivity index (χ3n) is 10.1. The summed E-state index contributed by atoms with van der Waals surface area (Å²) in [4.78, 5) is 21.4. The average Bonchev–Trinajstić information content (AvgIpc) is 3.39. The van der Waals surface area contributed by atoms with E-state index in [1.165, 1.54) is 12.5 Å². The van der Waals surface area contributed by atoms with Crippen molar-refractivity contribution in [1.29, 1.82) is 5.26 Å². The highest BCUT2D eigenvalue weighted by molar-refractivity contribution is 6.33. The Balaban J connectivity index is 1.22. The first-order valence-electron chi connectivity index (χ1n) is 15.4. The fraction of sp³-hybridized carbons (Fsp3) is 0.677. The van der Waals surface area contributed by atoms with E-state index in [0.717, 1.165) is 56.8 Å². The zero-order chi connectivity index (χ0) is 29.4. The molecule has 7 atom stereocenters. The van der Waals surface area contributed by atoms with E-state index in [1.807, 2.05) is 18.2 Å². The van der Waals surface area contributed by atoms with Crippen molar-refractivity contribution < 1.29 is 14.3 Å². The van der Waals surface area contributed by atoms with Crippen molar-refractivity contribution >= 4 is 23.2 Å². The number of nitrogens with one attached hydrogen (secondary N) is 2. The Morgan fingerprint density at radius 2 is 2.12 bits per heavy atom. The lowest BCUT2D eigenvalue weighted by molar-refractivity contribution is -0.139. The van der Waals surface area contributed by atoms with E-state index < -0.39 is 0 Å². The van der Waals surface area contributed by atoms with Gasteiger partial charge in [0.1, 0.15) is 11.4 Å². The highest BCUT2D eigenvalue weighted by atomic mass is 35.5. The molecule has 3 saturated heterocycles. The summed E-state index contributed by atoms with van der Waals surface area (Å²) >= 11 is 6.55. The highest BCUT2D eigenvalue weighted by Gasteiger charge is 2.52. The number of rotatable bonds is 6. The summed E-state index contributed by atoms with van der Waals surface area (Å²) in [5.74, 6) is 1.06. The molecule has 4 aliphatic heterocycles. The van der Waals surface area contributed by atoms with Gasteiger partial charge in [-0.3, -0.25) is 20.3 Å². The quantitative estimate of drug-likeness (QED) is 0.480. The molecule has 11 heteroatoms. The number of halogens is 1. The van der Waals surface area contributed by atoms with Crippen molar-refractivity contribution in [2.75, 3.05) is 58.3 Å². The van der Waals surface area contributed by atoms with Gasteiger partial charge >= 0.3 is 0 Å². The number of ether oxygens (including phenoxy) is 2. The van der Waals surface area contributed by atoms with Gasteiger partial charge in [0.05, 0.1) is 48.6 Å². The first kappa shape index (κ1) is 29.7. The van der Waals surface area contributed by atoms with Crippen molar-refractivity contribution in [3.8, 4) is 11.8 Å². The zero-order valence-electron chi connectivity index (χ0n) is 24.8. The van der Waals surface area contributed by atoms with Gasteiger partial charge in [-0.05, 0) is 57.5 Å². The van der Waals surface area contributed by atoms with Gasteiger partial charge in [0.2, 0.25) is 5.91 Å². The van der Waals surface area contributed by atoms with Gasteiger partial charge in [-0.2, -0.15) is 5.26 Å². The molecule has 4 heterocycles. The van der Waals surface area contributed by atoms with Crippen LogP contribution in [0.5, 0.6) is 5.75 Å². The number of hydrogen-bond acceptors (Lipinski definition) is 9. The van der Waals surface area contributed by atoms with Crippen LogP contribution in [0.4, 0.5) is 5.69 Å². The molecular weight excluding hydrogens is 554 g/mol. The SMILES string of the molecule is C=CC(=O)N1CCN(C2NC(OCC3CCCN3C)NC3C[C@]4(CCC32)CN(C)c2c(Cl)cccc2O4)CC1CC#N. The summed E-state index contributed by atoms with van der Waals surface area (Å²) < 4.78 is 13.3. The summed E-state index contributed by atoms with van der Waals surface area (Å²) in [6.07, 6.45) is 6.53. The maximum atomic E-state index is 12.6. The van der Waals surface area contributed by atoms with Crippen molar-refractivity contribution in [3.05, 3.63) is 35.9 Å². The predicted octanol–water partition coefficient (Wildman–Crippen LogP) is 2.60. The van der Waals surface area contributed by atoms with Crippen molar-refractivity contribution in [2.45, 2.75) is 74.8 Å². The lowest BCUT2D eigenvalue weighted by Gasteiger charge is -2.56. The molecule has 1 aromatic rings. The van der Waals surface area contributed by atoms with E-state index in [0.29, 0.717) is 43.1 Å². The summed E-state index contributed by atoms with van der Waals surface area (Å²) in [5, 5.41) is 17.9. The van der Waals surface area contributed by atoms with Crippen molar-refractivity contribution in [1.82, 2.24) is 25.3 Å². The Labute approximate surface area is 254 Å². The number of amides is 1. The molecule has 2 N–H and O–H groups in total. The van der Waals surface area contributed by atoms with Crippen LogP contribution in [0.25, 0.3) is 0 Å². The molecule has 42 heavy (non-hydrogen) atoms. The Bertz CT molecular complexity index is 1210. The van der Waals surface area contributed by atoms with Crippen LogP contribution in [0.2, 0.25) is 5.02 Å². The van der Waals surface area contributed by atoms with Crippen LogP contribution in [-0.4, -0.2) is 110 Å². The monoisotopic (exact) mass is 597 g/mol. The molecule has 6 rings (SSSR count). The zero-order valence-corrected chi connectivity index (χ0v) is 25.6. The third kappa shape index (κ3) is 5.75. The summed E-state index contributed by atoms with van der Waals surface area (Å²) in [6.45, 7) is 8.18. The largest absolute Gasteiger partial charge is 0.483 e. The minimum atomic E-state index is -0.322. The maximum absolute atomic E-state index is 12.6. The van der Waals surface area contributed by atoms with Crippen molar-refractivity contribution in [3.63, 3.8) is 0 Å². The number of fused-ring (bicyclic) bond motifs is 2. The standard InChI is InChI=1S/C31H44ClN7O3/c1-4-27(40)39-16-15-38(18-21(39)11-13-33)29-23-10-12-31(20-37(3)28-24(32)8-5-9-26(28)42-31)17-25(23)34-30(35-29)41-19-22-7-6-14-36(22)2/h4-5,8-9,21-23,25,29-30,34-35H,1,6-7,10-12,14-20H2,2-3H3/t21?,22?,23?,25?,29?,30?,31-/m1/s1. The number of para-hydroxylation sites is 1. The summed E-state index contributed by atoms with van der Waals surface area (Å²) in [7, 11) is 4.27. The van der Waals surface area contributed by atoms with Gasteiger partial charge in [-0.25, -0.2) is 0 Å². The Kier molecular flexibility index (Phi) is 8.70. The Hall–Kier alpha value is -2.39. The van der Waals surface area contributed by atoms with E-state index in [4.69, 9.17) is 21.1 Å². The second kappa shape index (κ2) is 12.3. The number of hydrogen-bond donors (Lipinski definition) is 2. The number of carbonyl (C=O) groups excluding carboxylic acids is 1. The highest BCUT2D eigenvalue weighted by Crippen LogP contribution is 2.47. The fourth-order valence-electron chi connectivity index (χ4n) is 8.02. The maximum Gasteiger partial charge on any atom is 0.246 e. The van der Waals surface area contributed by atoms with Crippen LogP contribution in [0.15, 0.2) is 30.9 Å². The molecular formula is C31H44ClN7O3. The number of benzene rings is 1. The topological polar surface area (TPSA) is 96.3 Å². The fourth-order valence-corrected chi connectivity index (χ4v) is 8.33. The number of likely N-dealkylation sites (N-methyl/N-ethyl adjacent to an activating group) is 2.